The predicted octanol–water partition coefficient (Wildman–Crippen LogP) is 3.57. The van der Waals surface area contributed by atoms with E-state index < -0.39 is 0 Å². The number of benzene rings is 1. The highest BCUT2D eigenvalue weighted by Crippen LogP contribution is 2.34. The molecule has 1 nitrogen and oxygen atoms in total. The highest BCUT2D eigenvalue weighted by atomic mass is 35.5. The van der Waals surface area contributed by atoms with Crippen LogP contribution in [0, 0.1) is 11.7 Å². The van der Waals surface area contributed by atoms with Crippen LogP contribution in [0.5, 0.6) is 0 Å². The van der Waals surface area contributed by atoms with Gasteiger partial charge >= 0.3 is 0 Å². The molecule has 16 heavy (non-hydrogen) atoms. The van der Waals surface area contributed by atoms with E-state index in [1.165, 1.54) is 6.07 Å². The molecule has 1 saturated carbocycles. The molecule has 0 amide bonds. The van der Waals surface area contributed by atoms with Crippen LogP contribution < -0.4 is 0 Å². The average Bonchev–Trinajstić information content (AvgIpc) is 3.04. The van der Waals surface area contributed by atoms with Crippen molar-refractivity contribution in [3.63, 3.8) is 0 Å². The van der Waals surface area contributed by atoms with Crippen molar-refractivity contribution < 1.29 is 9.50 Å². The fourth-order valence-electron chi connectivity index (χ4n) is 1.94. The second-order valence-electron chi connectivity index (χ2n) is 4.53. The van der Waals surface area contributed by atoms with Crippen LogP contribution in [0.2, 0.25) is 5.02 Å². The minimum atomic E-state index is -0.242. The van der Waals surface area contributed by atoms with Crippen molar-refractivity contribution in [1.82, 2.24) is 0 Å². The highest BCUT2D eigenvalue weighted by Gasteiger charge is 2.28. The molecule has 1 aliphatic carbocycles. The lowest BCUT2D eigenvalue weighted by atomic mass is 10.0. The average molecular weight is 243 g/mol. The Hall–Kier alpha value is -0.600. The summed E-state index contributed by atoms with van der Waals surface area (Å²) in [4.78, 5) is 0. The number of hydrogen-bond acceptors (Lipinski definition) is 1. The summed E-state index contributed by atoms with van der Waals surface area (Å²) in [6, 6.07) is 4.77. The first kappa shape index (κ1) is 11.9. The van der Waals surface area contributed by atoms with E-state index in [2.05, 4.69) is 0 Å². The van der Waals surface area contributed by atoms with Crippen molar-refractivity contribution >= 4 is 11.6 Å². The molecule has 1 aromatic carbocycles. The topological polar surface area (TPSA) is 20.2 Å². The molecule has 3 heteroatoms. The number of rotatable bonds is 5. The molecule has 88 valence electrons. The van der Waals surface area contributed by atoms with Gasteiger partial charge in [0.2, 0.25) is 0 Å². The van der Waals surface area contributed by atoms with Gasteiger partial charge in [0.05, 0.1) is 6.10 Å². The van der Waals surface area contributed by atoms with Gasteiger partial charge in [-0.05, 0) is 55.7 Å². The minimum absolute atomic E-state index is 0.185. The maximum Gasteiger partial charge on any atom is 0.127 e. The van der Waals surface area contributed by atoms with Crippen LogP contribution in [-0.2, 0) is 6.42 Å². The molecule has 0 heterocycles. The smallest absolute Gasteiger partial charge is 0.127 e. The Morgan fingerprint density at radius 2 is 2.19 bits per heavy atom. The van der Waals surface area contributed by atoms with Gasteiger partial charge in [0, 0.05) is 5.02 Å². The van der Waals surface area contributed by atoms with Gasteiger partial charge < -0.3 is 5.11 Å². The van der Waals surface area contributed by atoms with Crippen molar-refractivity contribution in [1.29, 1.82) is 0 Å². The molecule has 0 saturated heterocycles. The quantitative estimate of drug-likeness (QED) is 0.837. The Balaban J connectivity index is 1.80. The van der Waals surface area contributed by atoms with E-state index in [9.17, 15) is 9.50 Å². The zero-order chi connectivity index (χ0) is 11.5. The van der Waals surface area contributed by atoms with Crippen molar-refractivity contribution in [3.05, 3.63) is 34.6 Å². The summed E-state index contributed by atoms with van der Waals surface area (Å²) < 4.78 is 13.4. The van der Waals surface area contributed by atoms with Crippen LogP contribution in [0.4, 0.5) is 4.39 Å². The van der Waals surface area contributed by atoms with Gasteiger partial charge in [-0.2, -0.15) is 0 Å². The van der Waals surface area contributed by atoms with Gasteiger partial charge in [-0.25, -0.2) is 4.39 Å². The van der Waals surface area contributed by atoms with E-state index in [4.69, 9.17) is 11.6 Å². The van der Waals surface area contributed by atoms with Crippen molar-refractivity contribution in [2.45, 2.75) is 38.2 Å². The molecule has 1 fully saturated rings. The van der Waals surface area contributed by atoms with E-state index >= 15 is 0 Å². The second-order valence-corrected chi connectivity index (χ2v) is 4.97. The largest absolute Gasteiger partial charge is 0.393 e. The fourth-order valence-corrected chi connectivity index (χ4v) is 2.10. The SMILES string of the molecule is OC(CCCc1ccc(Cl)cc1F)C1CC1. The summed E-state index contributed by atoms with van der Waals surface area (Å²) >= 11 is 5.67. The molecule has 0 bridgehead atoms. The number of aliphatic hydroxyl groups excluding tert-OH is 1. The van der Waals surface area contributed by atoms with Crippen LogP contribution >= 0.6 is 11.6 Å². The summed E-state index contributed by atoms with van der Waals surface area (Å²) in [7, 11) is 0. The molecule has 0 spiro atoms. The van der Waals surface area contributed by atoms with Crippen molar-refractivity contribution in [3.8, 4) is 0 Å². The lowest BCUT2D eigenvalue weighted by Gasteiger charge is -2.09. The monoisotopic (exact) mass is 242 g/mol. The number of hydrogen-bond donors (Lipinski definition) is 1. The van der Waals surface area contributed by atoms with Gasteiger partial charge in [-0.15, -0.1) is 0 Å². The Kier molecular flexibility index (Phi) is 3.82. The van der Waals surface area contributed by atoms with Crippen LogP contribution in [0.25, 0.3) is 0 Å². The second kappa shape index (κ2) is 5.15. The van der Waals surface area contributed by atoms with E-state index in [0.29, 0.717) is 22.9 Å². The maximum atomic E-state index is 13.4. The normalized spacial score (nSPS) is 17.4. The highest BCUT2D eigenvalue weighted by molar-refractivity contribution is 6.30. The summed E-state index contributed by atoms with van der Waals surface area (Å²) in [5, 5.41) is 10.1. The van der Waals surface area contributed by atoms with Crippen molar-refractivity contribution in [2.75, 3.05) is 0 Å². The molecular weight excluding hydrogens is 227 g/mol. The first-order valence-corrected chi connectivity index (χ1v) is 6.16. The van der Waals surface area contributed by atoms with Crippen LogP contribution in [0.3, 0.4) is 0 Å². The number of halogens is 2. The summed E-state index contributed by atoms with van der Waals surface area (Å²) in [5.74, 6) is 0.267. The summed E-state index contributed by atoms with van der Waals surface area (Å²) in [5.41, 5.74) is 0.687. The zero-order valence-corrected chi connectivity index (χ0v) is 9.88. The minimum Gasteiger partial charge on any atom is -0.393 e. The lowest BCUT2D eigenvalue weighted by molar-refractivity contribution is 0.139. The van der Waals surface area contributed by atoms with Crippen LogP contribution in [-0.4, -0.2) is 11.2 Å². The summed E-state index contributed by atoms with van der Waals surface area (Å²) in [6.07, 6.45) is 4.39. The first-order valence-electron chi connectivity index (χ1n) is 5.79. The van der Waals surface area contributed by atoms with Gasteiger partial charge in [-0.3, -0.25) is 0 Å². The fraction of sp³-hybridized carbons (Fsp3) is 0.538. The third kappa shape index (κ3) is 3.19. The number of aliphatic hydroxyl groups is 1. The van der Waals surface area contributed by atoms with Gasteiger partial charge in [-0.1, -0.05) is 17.7 Å². The van der Waals surface area contributed by atoms with Gasteiger partial charge in [0.15, 0.2) is 0 Å². The zero-order valence-electron chi connectivity index (χ0n) is 9.13. The standard InChI is InChI=1S/C13H16ClFO/c14-11-7-6-9(12(15)8-11)2-1-3-13(16)10-4-5-10/h6-8,10,13,16H,1-5H2. The molecule has 0 aromatic heterocycles. The van der Waals surface area contributed by atoms with Gasteiger partial charge in [0.25, 0.3) is 0 Å². The molecular formula is C13H16ClFO. The Labute approximate surface area is 100 Å². The van der Waals surface area contributed by atoms with E-state index in [0.717, 1.165) is 25.7 Å². The molecule has 1 aliphatic rings. The molecule has 1 N–H and O–H groups in total. The molecule has 0 aliphatic heterocycles. The van der Waals surface area contributed by atoms with E-state index in [1.807, 2.05) is 0 Å². The van der Waals surface area contributed by atoms with Crippen LogP contribution in [0.1, 0.15) is 31.2 Å². The predicted molar refractivity (Wildman–Crippen MR) is 63.1 cm³/mol. The third-order valence-corrected chi connectivity index (χ3v) is 3.36. The van der Waals surface area contributed by atoms with Gasteiger partial charge in [0.1, 0.15) is 5.82 Å². The van der Waals surface area contributed by atoms with Crippen molar-refractivity contribution in [2.24, 2.45) is 5.92 Å². The third-order valence-electron chi connectivity index (χ3n) is 3.13. The molecule has 1 atom stereocenters. The van der Waals surface area contributed by atoms with E-state index in [1.54, 1.807) is 12.1 Å². The molecule has 1 aromatic rings. The summed E-state index contributed by atoms with van der Waals surface area (Å²) in [6.45, 7) is 0. The molecule has 0 radical (unpaired) electrons. The Bertz CT molecular complexity index is 363. The Morgan fingerprint density at radius 3 is 2.81 bits per heavy atom. The molecule has 1 unspecified atom stereocenters. The maximum absolute atomic E-state index is 13.4. The van der Waals surface area contributed by atoms with E-state index in [-0.39, 0.29) is 11.9 Å². The number of aryl methyl sites for hydroxylation is 1. The van der Waals surface area contributed by atoms with Crippen LogP contribution in [0.15, 0.2) is 18.2 Å². The first-order chi connectivity index (χ1) is 7.66. The Morgan fingerprint density at radius 1 is 1.44 bits per heavy atom. The lowest BCUT2D eigenvalue weighted by Crippen LogP contribution is -2.09. The molecule has 2 rings (SSSR count).